The number of benzene rings is 2. The number of hydrogen-bond acceptors (Lipinski definition) is 3. The fourth-order valence-electron chi connectivity index (χ4n) is 2.88. The van der Waals surface area contributed by atoms with Crippen LogP contribution in [0, 0.1) is 5.41 Å². The Morgan fingerprint density at radius 3 is 1.97 bits per heavy atom. The van der Waals surface area contributed by atoms with E-state index in [1.165, 1.54) is 11.1 Å². The molecule has 1 atom stereocenters. The summed E-state index contributed by atoms with van der Waals surface area (Å²) in [6, 6.07) is 18.0. The Morgan fingerprint density at radius 2 is 1.41 bits per heavy atom. The van der Waals surface area contributed by atoms with Crippen LogP contribution in [0.5, 0.6) is 0 Å². The molecule has 4 N–H and O–H groups in total. The minimum absolute atomic E-state index is 0.166. The van der Waals surface area contributed by atoms with E-state index in [1.807, 2.05) is 39.0 Å². The fraction of sp³-hybridized carbons (Fsp3) is 0.417. The van der Waals surface area contributed by atoms with Gasteiger partial charge in [0.25, 0.3) is 5.91 Å². The molecule has 0 heterocycles. The third-order valence-electron chi connectivity index (χ3n) is 5.01. The first-order valence-electron chi connectivity index (χ1n) is 10.2. The van der Waals surface area contributed by atoms with Gasteiger partial charge in [0.2, 0.25) is 0 Å². The number of aryl methyl sites for hydroxylation is 2. The number of unbranched alkanes of at least 4 members (excludes halogenated alkanes) is 1. The Labute approximate surface area is 173 Å². The highest BCUT2D eigenvalue weighted by Gasteiger charge is 2.33. The molecule has 0 bridgehead atoms. The Hall–Kier alpha value is -2.66. The first-order chi connectivity index (χ1) is 13.8. The van der Waals surface area contributed by atoms with Crippen molar-refractivity contribution in [3.05, 3.63) is 71.3 Å². The lowest BCUT2D eigenvalue weighted by Gasteiger charge is -2.21. The SMILES string of the molecule is CC(C)(C)C([NH3+])C(=O)ONC(=O)Cc1ccc(CCCCc2ccccc2)cc1. The first kappa shape index (κ1) is 22.6. The number of hydroxylamine groups is 1. The third-order valence-corrected chi connectivity index (χ3v) is 5.01. The Balaban J connectivity index is 1.70. The van der Waals surface area contributed by atoms with E-state index in [-0.39, 0.29) is 17.7 Å². The number of rotatable bonds is 8. The summed E-state index contributed by atoms with van der Waals surface area (Å²) in [6.07, 6.45) is 4.57. The van der Waals surface area contributed by atoms with Crippen molar-refractivity contribution >= 4 is 11.9 Å². The smallest absolute Gasteiger partial charge is 0.345 e. The number of carbonyl (C=O) groups is 2. The van der Waals surface area contributed by atoms with Crippen LogP contribution >= 0.6 is 0 Å². The van der Waals surface area contributed by atoms with Gasteiger partial charge in [-0.3, -0.25) is 4.79 Å². The average molecular weight is 398 g/mol. The molecule has 0 saturated heterocycles. The summed E-state index contributed by atoms with van der Waals surface area (Å²) in [4.78, 5) is 28.8. The molecule has 0 aromatic heterocycles. The van der Waals surface area contributed by atoms with Crippen molar-refractivity contribution in [3.8, 4) is 0 Å². The number of quaternary nitrogens is 1. The molecule has 0 saturated carbocycles. The molecule has 1 amide bonds. The maximum absolute atomic E-state index is 12.0. The lowest BCUT2D eigenvalue weighted by Crippen LogP contribution is -2.71. The summed E-state index contributed by atoms with van der Waals surface area (Å²) >= 11 is 0. The van der Waals surface area contributed by atoms with Gasteiger partial charge in [0.05, 0.1) is 6.42 Å². The van der Waals surface area contributed by atoms with Crippen LogP contribution in [-0.4, -0.2) is 17.9 Å². The topological polar surface area (TPSA) is 83.0 Å². The van der Waals surface area contributed by atoms with Crippen LogP contribution in [0.15, 0.2) is 54.6 Å². The molecular formula is C24H33N2O3+. The quantitative estimate of drug-likeness (QED) is 0.530. The largest absolute Gasteiger partial charge is 0.390 e. The van der Waals surface area contributed by atoms with Crippen molar-refractivity contribution in [2.45, 2.75) is 58.9 Å². The first-order valence-corrected chi connectivity index (χ1v) is 10.2. The molecule has 2 aromatic rings. The summed E-state index contributed by atoms with van der Waals surface area (Å²) in [7, 11) is 0. The summed E-state index contributed by atoms with van der Waals surface area (Å²) < 4.78 is 0. The zero-order valence-electron chi connectivity index (χ0n) is 17.7. The number of carbonyl (C=O) groups excluding carboxylic acids is 2. The molecule has 0 radical (unpaired) electrons. The summed E-state index contributed by atoms with van der Waals surface area (Å²) in [6.45, 7) is 5.70. The molecule has 1 unspecified atom stereocenters. The molecule has 2 rings (SSSR count). The highest BCUT2D eigenvalue weighted by atomic mass is 16.7. The summed E-state index contributed by atoms with van der Waals surface area (Å²) in [5, 5.41) is 0. The second kappa shape index (κ2) is 10.8. The molecule has 0 aliphatic rings. The maximum Gasteiger partial charge on any atom is 0.390 e. The zero-order valence-corrected chi connectivity index (χ0v) is 17.7. The van der Waals surface area contributed by atoms with Gasteiger partial charge in [-0.2, -0.15) is 5.48 Å². The fourth-order valence-corrected chi connectivity index (χ4v) is 2.88. The van der Waals surface area contributed by atoms with E-state index < -0.39 is 12.0 Å². The highest BCUT2D eigenvalue weighted by molar-refractivity contribution is 5.81. The highest BCUT2D eigenvalue weighted by Crippen LogP contribution is 2.16. The Morgan fingerprint density at radius 1 is 0.897 bits per heavy atom. The number of amides is 1. The number of nitrogens with one attached hydrogen (secondary N) is 1. The van der Waals surface area contributed by atoms with Crippen LogP contribution in [0.3, 0.4) is 0 Å². The Kier molecular flexibility index (Phi) is 8.40. The predicted octanol–water partition coefficient (Wildman–Crippen LogP) is 3.03. The van der Waals surface area contributed by atoms with Crippen molar-refractivity contribution in [1.82, 2.24) is 5.48 Å². The normalized spacial score (nSPS) is 12.3. The van der Waals surface area contributed by atoms with Crippen LogP contribution < -0.4 is 11.2 Å². The lowest BCUT2D eigenvalue weighted by atomic mass is 9.88. The molecule has 5 heteroatoms. The van der Waals surface area contributed by atoms with E-state index in [4.69, 9.17) is 4.84 Å². The molecule has 5 nitrogen and oxygen atoms in total. The van der Waals surface area contributed by atoms with Gasteiger partial charge in [-0.15, -0.1) is 0 Å². The van der Waals surface area contributed by atoms with Gasteiger partial charge in [-0.05, 0) is 42.4 Å². The third kappa shape index (κ3) is 8.08. The molecule has 29 heavy (non-hydrogen) atoms. The van der Waals surface area contributed by atoms with Gasteiger partial charge in [0.1, 0.15) is 0 Å². The van der Waals surface area contributed by atoms with Crippen LogP contribution in [0.1, 0.15) is 50.3 Å². The molecular weight excluding hydrogens is 364 g/mol. The Bertz CT molecular complexity index is 780. The van der Waals surface area contributed by atoms with E-state index in [0.717, 1.165) is 31.2 Å². The molecule has 2 aromatic carbocycles. The molecule has 156 valence electrons. The second-order valence-corrected chi connectivity index (χ2v) is 8.55. The van der Waals surface area contributed by atoms with E-state index in [2.05, 4.69) is 47.6 Å². The van der Waals surface area contributed by atoms with Crippen LogP contribution in [0.4, 0.5) is 0 Å². The van der Waals surface area contributed by atoms with E-state index in [9.17, 15) is 9.59 Å². The molecule has 0 spiro atoms. The van der Waals surface area contributed by atoms with E-state index in [0.29, 0.717) is 0 Å². The monoisotopic (exact) mass is 397 g/mol. The van der Waals surface area contributed by atoms with Gasteiger partial charge in [0.15, 0.2) is 6.04 Å². The van der Waals surface area contributed by atoms with Gasteiger partial charge < -0.3 is 10.6 Å². The summed E-state index contributed by atoms with van der Waals surface area (Å²) in [5.41, 5.74) is 9.23. The number of hydrogen-bond donors (Lipinski definition) is 2. The molecule has 0 aliphatic carbocycles. The van der Waals surface area contributed by atoms with Gasteiger partial charge in [0, 0.05) is 5.41 Å². The molecule has 0 aliphatic heterocycles. The van der Waals surface area contributed by atoms with Crippen molar-refractivity contribution < 1.29 is 20.2 Å². The van der Waals surface area contributed by atoms with Crippen LogP contribution in [-0.2, 0) is 33.7 Å². The van der Waals surface area contributed by atoms with Gasteiger partial charge in [-0.25, -0.2) is 4.79 Å². The van der Waals surface area contributed by atoms with Crippen LogP contribution in [0.25, 0.3) is 0 Å². The zero-order chi connectivity index (χ0) is 21.3. The van der Waals surface area contributed by atoms with Crippen molar-refractivity contribution in [1.29, 1.82) is 0 Å². The predicted molar refractivity (Wildman–Crippen MR) is 114 cm³/mol. The van der Waals surface area contributed by atoms with Crippen molar-refractivity contribution in [2.75, 3.05) is 0 Å². The minimum Gasteiger partial charge on any atom is -0.345 e. The van der Waals surface area contributed by atoms with Crippen molar-refractivity contribution in [3.63, 3.8) is 0 Å². The van der Waals surface area contributed by atoms with Gasteiger partial charge in [-0.1, -0.05) is 75.4 Å². The molecule has 0 fully saturated rings. The maximum atomic E-state index is 12.0. The van der Waals surface area contributed by atoms with Gasteiger partial charge >= 0.3 is 5.97 Å². The summed E-state index contributed by atoms with van der Waals surface area (Å²) in [5.74, 6) is -0.883. The standard InChI is InChI=1S/C24H32N2O3/c1-24(2,3)22(25)23(28)29-26-21(27)17-20-15-13-19(14-16-20)12-8-7-11-18-9-5-4-6-10-18/h4-6,9-10,13-16,22H,7-8,11-12,17,25H2,1-3H3,(H,26,27)/p+1. The average Bonchev–Trinajstić information content (AvgIpc) is 2.70. The van der Waals surface area contributed by atoms with Crippen LogP contribution in [0.2, 0.25) is 0 Å². The second-order valence-electron chi connectivity index (χ2n) is 8.55. The van der Waals surface area contributed by atoms with Crippen molar-refractivity contribution in [2.24, 2.45) is 5.41 Å². The van der Waals surface area contributed by atoms with E-state index in [1.54, 1.807) is 0 Å². The lowest BCUT2D eigenvalue weighted by molar-refractivity contribution is -0.431. The van der Waals surface area contributed by atoms with E-state index >= 15 is 0 Å². The minimum atomic E-state index is -0.552.